The fourth-order valence-corrected chi connectivity index (χ4v) is 5.37. The van der Waals surface area contributed by atoms with Crippen LogP contribution in [0.3, 0.4) is 0 Å². The molecule has 3 aromatic heterocycles. The molecule has 0 atom stereocenters. The number of hydrogen-bond acceptors (Lipinski definition) is 5. The van der Waals surface area contributed by atoms with Crippen molar-refractivity contribution in [2.24, 2.45) is 0 Å². The fourth-order valence-electron chi connectivity index (χ4n) is 3.77. The monoisotopic (exact) mass is 421 g/mol. The number of ketones is 1. The van der Waals surface area contributed by atoms with Gasteiger partial charge < -0.3 is 0 Å². The Morgan fingerprint density at radius 1 is 1.07 bits per heavy atom. The molecule has 1 aromatic carbocycles. The molecular formula is C23H23N3OS2. The smallest absolute Gasteiger partial charge is 0.193 e. The second-order valence-corrected chi connectivity index (χ2v) is 9.27. The number of aromatic nitrogens is 3. The largest absolute Gasteiger partial charge is 0.294 e. The molecule has 0 amide bonds. The third-order valence-corrected chi connectivity index (χ3v) is 6.79. The Hall–Kier alpha value is -2.44. The van der Waals surface area contributed by atoms with Crippen LogP contribution >= 0.6 is 23.1 Å². The number of Topliss-reactive ketones (excluding diaryl/α,β-unsaturated/α-hetero) is 1. The van der Waals surface area contributed by atoms with Gasteiger partial charge >= 0.3 is 0 Å². The van der Waals surface area contributed by atoms with E-state index in [1.165, 1.54) is 33.8 Å². The van der Waals surface area contributed by atoms with E-state index >= 15 is 0 Å². The molecule has 0 aliphatic carbocycles. The number of thiazole rings is 1. The van der Waals surface area contributed by atoms with E-state index in [0.717, 1.165) is 32.6 Å². The summed E-state index contributed by atoms with van der Waals surface area (Å²) >= 11 is 3.07. The van der Waals surface area contributed by atoms with Crippen LogP contribution in [-0.2, 0) is 0 Å². The number of carbonyl (C=O) groups is 1. The molecule has 29 heavy (non-hydrogen) atoms. The number of hydrogen-bond donors (Lipinski definition) is 0. The zero-order valence-corrected chi connectivity index (χ0v) is 18.9. The van der Waals surface area contributed by atoms with Crippen LogP contribution in [0.5, 0.6) is 0 Å². The number of pyridine rings is 1. The number of nitrogens with zero attached hydrogens (tertiary/aromatic N) is 3. The van der Waals surface area contributed by atoms with Crippen molar-refractivity contribution in [3.05, 3.63) is 69.5 Å². The van der Waals surface area contributed by atoms with Gasteiger partial charge in [0, 0.05) is 33.9 Å². The molecule has 0 bridgehead atoms. The lowest BCUT2D eigenvalue weighted by molar-refractivity contribution is 0.102. The Balaban J connectivity index is 1.59. The maximum absolute atomic E-state index is 13.0. The molecule has 0 aliphatic heterocycles. The van der Waals surface area contributed by atoms with Crippen LogP contribution in [-0.4, -0.2) is 26.1 Å². The summed E-state index contributed by atoms with van der Waals surface area (Å²) in [5, 5.41) is 4.92. The number of carbonyl (C=O) groups excluding carboxylic acids is 1. The molecule has 6 heteroatoms. The topological polar surface area (TPSA) is 47.8 Å². The van der Waals surface area contributed by atoms with Crippen molar-refractivity contribution in [3.63, 3.8) is 0 Å². The SMILES string of the molecule is Cc1cc(C)c2nc(SCC(=O)c3cc(C)n(-c4nccs4)c3C)cc(C)c2c1. The average Bonchev–Trinajstić information content (AvgIpc) is 3.28. The second-order valence-electron chi connectivity index (χ2n) is 7.40. The van der Waals surface area contributed by atoms with E-state index in [4.69, 9.17) is 4.98 Å². The summed E-state index contributed by atoms with van der Waals surface area (Å²) in [6, 6.07) is 8.38. The predicted molar refractivity (Wildman–Crippen MR) is 122 cm³/mol. The van der Waals surface area contributed by atoms with E-state index in [0.29, 0.717) is 5.75 Å². The summed E-state index contributed by atoms with van der Waals surface area (Å²) in [4.78, 5) is 22.2. The van der Waals surface area contributed by atoms with Gasteiger partial charge in [-0.15, -0.1) is 11.3 Å². The van der Waals surface area contributed by atoms with Crippen LogP contribution in [0.1, 0.15) is 38.4 Å². The molecular weight excluding hydrogens is 398 g/mol. The first kappa shape index (κ1) is 19.9. The molecule has 148 valence electrons. The lowest BCUT2D eigenvalue weighted by Gasteiger charge is -2.09. The minimum absolute atomic E-state index is 0.117. The van der Waals surface area contributed by atoms with Gasteiger partial charge in [0.25, 0.3) is 0 Å². The average molecular weight is 422 g/mol. The first-order chi connectivity index (χ1) is 13.8. The summed E-state index contributed by atoms with van der Waals surface area (Å²) in [6.07, 6.45) is 1.79. The highest BCUT2D eigenvalue weighted by molar-refractivity contribution is 7.99. The van der Waals surface area contributed by atoms with Crippen LogP contribution in [0.2, 0.25) is 0 Å². The zero-order valence-electron chi connectivity index (χ0n) is 17.2. The van der Waals surface area contributed by atoms with Crippen molar-refractivity contribution in [3.8, 4) is 5.13 Å². The van der Waals surface area contributed by atoms with E-state index in [9.17, 15) is 4.79 Å². The van der Waals surface area contributed by atoms with Crippen molar-refractivity contribution in [1.82, 2.24) is 14.5 Å². The Morgan fingerprint density at radius 2 is 1.86 bits per heavy atom. The highest BCUT2D eigenvalue weighted by atomic mass is 32.2. The standard InChI is InChI=1S/C23H23N3OS2/c1-13-8-15(3)22-18(9-13)14(2)10-21(25-22)29-12-20(27)19-11-16(4)26(17(19)5)23-24-6-7-28-23/h6-11H,12H2,1-5H3. The predicted octanol–water partition coefficient (Wildman–Crippen LogP) is 6.00. The van der Waals surface area contributed by atoms with Gasteiger partial charge in [0.15, 0.2) is 10.9 Å². The number of thioether (sulfide) groups is 1. The molecule has 3 heterocycles. The lowest BCUT2D eigenvalue weighted by atomic mass is 10.0. The molecule has 0 fully saturated rings. The van der Waals surface area contributed by atoms with Crippen LogP contribution in [0.4, 0.5) is 0 Å². The normalized spacial score (nSPS) is 11.3. The zero-order chi connectivity index (χ0) is 20.7. The van der Waals surface area contributed by atoms with Crippen molar-refractivity contribution >= 4 is 39.8 Å². The van der Waals surface area contributed by atoms with Crippen molar-refractivity contribution in [2.75, 3.05) is 5.75 Å². The Bertz CT molecular complexity index is 1220. The third kappa shape index (κ3) is 3.74. The van der Waals surface area contributed by atoms with Gasteiger partial charge in [0.1, 0.15) is 0 Å². The molecule has 0 unspecified atom stereocenters. The van der Waals surface area contributed by atoms with Crippen LogP contribution < -0.4 is 0 Å². The van der Waals surface area contributed by atoms with Crippen LogP contribution in [0, 0.1) is 34.6 Å². The van der Waals surface area contributed by atoms with Gasteiger partial charge in [-0.2, -0.15) is 0 Å². The van der Waals surface area contributed by atoms with E-state index in [2.05, 4.69) is 44.0 Å². The van der Waals surface area contributed by atoms with Crippen LogP contribution in [0.15, 0.2) is 40.9 Å². The van der Waals surface area contributed by atoms with Gasteiger partial charge in [-0.1, -0.05) is 23.4 Å². The van der Waals surface area contributed by atoms with Crippen molar-refractivity contribution in [1.29, 1.82) is 0 Å². The van der Waals surface area contributed by atoms with E-state index in [-0.39, 0.29) is 5.78 Å². The Labute approximate surface area is 179 Å². The number of rotatable bonds is 5. The number of aryl methyl sites for hydroxylation is 4. The number of fused-ring (bicyclic) bond motifs is 1. The highest BCUT2D eigenvalue weighted by Gasteiger charge is 2.18. The van der Waals surface area contributed by atoms with Crippen molar-refractivity contribution < 1.29 is 4.79 Å². The molecule has 4 rings (SSSR count). The maximum Gasteiger partial charge on any atom is 0.193 e. The summed E-state index contributed by atoms with van der Waals surface area (Å²) < 4.78 is 2.05. The summed E-state index contributed by atoms with van der Waals surface area (Å²) in [5.41, 5.74) is 7.35. The number of benzene rings is 1. The van der Waals surface area contributed by atoms with Crippen LogP contribution in [0.25, 0.3) is 16.0 Å². The van der Waals surface area contributed by atoms with Crippen molar-refractivity contribution in [2.45, 2.75) is 39.6 Å². The third-order valence-electron chi connectivity index (χ3n) is 5.12. The molecule has 0 aliphatic rings. The highest BCUT2D eigenvalue weighted by Crippen LogP contribution is 2.28. The summed E-state index contributed by atoms with van der Waals surface area (Å²) in [7, 11) is 0. The van der Waals surface area contributed by atoms with Gasteiger partial charge in [-0.3, -0.25) is 9.36 Å². The first-order valence-corrected chi connectivity index (χ1v) is 11.3. The quantitative estimate of drug-likeness (QED) is 0.293. The maximum atomic E-state index is 13.0. The van der Waals surface area contributed by atoms with Gasteiger partial charge in [-0.25, -0.2) is 9.97 Å². The second kappa shape index (κ2) is 7.76. The van der Waals surface area contributed by atoms with Gasteiger partial charge in [0.2, 0.25) is 0 Å². The Morgan fingerprint density at radius 3 is 2.59 bits per heavy atom. The van der Waals surface area contributed by atoms with E-state index < -0.39 is 0 Å². The lowest BCUT2D eigenvalue weighted by Crippen LogP contribution is -2.05. The van der Waals surface area contributed by atoms with Gasteiger partial charge in [0.05, 0.1) is 16.3 Å². The molecule has 4 nitrogen and oxygen atoms in total. The van der Waals surface area contributed by atoms with Gasteiger partial charge in [-0.05, 0) is 63.9 Å². The molecule has 4 aromatic rings. The van der Waals surface area contributed by atoms with E-state index in [1.807, 2.05) is 29.9 Å². The molecule has 0 spiro atoms. The minimum Gasteiger partial charge on any atom is -0.294 e. The minimum atomic E-state index is 0.117. The molecule has 0 saturated carbocycles. The molecule has 0 saturated heterocycles. The summed E-state index contributed by atoms with van der Waals surface area (Å²) in [6.45, 7) is 10.3. The fraction of sp³-hybridized carbons (Fsp3) is 0.261. The molecule has 0 radical (unpaired) electrons. The first-order valence-electron chi connectivity index (χ1n) is 9.48. The Kier molecular flexibility index (Phi) is 5.32. The molecule has 0 N–H and O–H groups in total. The van der Waals surface area contributed by atoms with E-state index in [1.54, 1.807) is 17.5 Å². The summed E-state index contributed by atoms with van der Waals surface area (Å²) in [5.74, 6) is 0.483.